The lowest BCUT2D eigenvalue weighted by Gasteiger charge is -2.35. The molecule has 2 aliphatic rings. The number of piperazine rings is 1. The van der Waals surface area contributed by atoms with E-state index in [1.54, 1.807) is 21.7 Å². The van der Waals surface area contributed by atoms with Crippen LogP contribution in [0.15, 0.2) is 41.8 Å². The van der Waals surface area contributed by atoms with Crippen LogP contribution in [0.25, 0.3) is 16.4 Å². The highest BCUT2D eigenvalue weighted by atomic mass is 32.1. The molecule has 2 amide bonds. The maximum Gasteiger partial charge on any atom is 0.293 e. The van der Waals surface area contributed by atoms with E-state index in [-0.39, 0.29) is 23.5 Å². The third kappa shape index (κ3) is 4.88. The number of carbonyl (C=O) groups excluding carboxylic acids is 2. The number of piperidine rings is 1. The number of hydrogen-bond acceptors (Lipinski definition) is 6. The predicted molar refractivity (Wildman–Crippen MR) is 127 cm³/mol. The van der Waals surface area contributed by atoms with Crippen molar-refractivity contribution >= 4 is 23.2 Å². The van der Waals surface area contributed by atoms with Gasteiger partial charge in [0.2, 0.25) is 11.7 Å². The number of likely N-dealkylation sites (tertiary alicyclic amines) is 1. The van der Waals surface area contributed by atoms with Gasteiger partial charge in [-0.1, -0.05) is 6.07 Å². The van der Waals surface area contributed by atoms with E-state index in [1.807, 2.05) is 22.4 Å². The first-order valence-electron chi connectivity index (χ1n) is 11.6. The summed E-state index contributed by atoms with van der Waals surface area (Å²) < 4.78 is 15.0. The van der Waals surface area contributed by atoms with Crippen molar-refractivity contribution in [1.82, 2.24) is 29.5 Å². The number of hydrogen-bond donors (Lipinski definition) is 0. The van der Waals surface area contributed by atoms with Crippen LogP contribution in [-0.4, -0.2) is 87.1 Å². The van der Waals surface area contributed by atoms with Crippen molar-refractivity contribution in [1.29, 1.82) is 0 Å². The van der Waals surface area contributed by atoms with Crippen molar-refractivity contribution in [2.24, 2.45) is 0 Å². The summed E-state index contributed by atoms with van der Waals surface area (Å²) in [6.45, 7) is 4.43. The van der Waals surface area contributed by atoms with E-state index in [0.717, 1.165) is 30.8 Å². The van der Waals surface area contributed by atoms with Gasteiger partial charge in [-0.2, -0.15) is 0 Å². The Balaban J connectivity index is 1.27. The number of benzene rings is 1. The van der Waals surface area contributed by atoms with E-state index in [4.69, 9.17) is 0 Å². The maximum absolute atomic E-state index is 13.4. The quantitative estimate of drug-likeness (QED) is 0.559. The van der Waals surface area contributed by atoms with Crippen molar-refractivity contribution < 1.29 is 14.0 Å². The fraction of sp³-hybridized carbons (Fsp3) is 0.417. The minimum Gasteiger partial charge on any atom is -0.342 e. The van der Waals surface area contributed by atoms with E-state index < -0.39 is 0 Å². The van der Waals surface area contributed by atoms with Crippen molar-refractivity contribution in [3.05, 3.63) is 53.4 Å². The molecule has 3 aromatic rings. The zero-order chi connectivity index (χ0) is 23.5. The summed E-state index contributed by atoms with van der Waals surface area (Å²) in [7, 11) is 0. The van der Waals surface area contributed by atoms with Crippen LogP contribution in [0.1, 0.15) is 29.9 Å². The second-order valence-corrected chi connectivity index (χ2v) is 9.58. The number of nitrogens with zero attached hydrogens (tertiary/aromatic N) is 6. The van der Waals surface area contributed by atoms with E-state index in [2.05, 4.69) is 15.0 Å². The Morgan fingerprint density at radius 3 is 2.32 bits per heavy atom. The van der Waals surface area contributed by atoms with Crippen molar-refractivity contribution in [2.75, 3.05) is 45.8 Å². The monoisotopic (exact) mass is 482 g/mol. The number of halogens is 1. The number of rotatable bonds is 5. The highest BCUT2D eigenvalue weighted by molar-refractivity contribution is 7.13. The summed E-state index contributed by atoms with van der Waals surface area (Å²) in [6, 6.07) is 9.79. The van der Waals surface area contributed by atoms with Crippen LogP contribution in [0, 0.1) is 5.82 Å². The van der Waals surface area contributed by atoms with Crippen LogP contribution >= 0.6 is 11.3 Å². The van der Waals surface area contributed by atoms with Crippen LogP contribution in [-0.2, 0) is 4.79 Å². The molecule has 0 atom stereocenters. The molecule has 2 aliphatic heterocycles. The topological polar surface area (TPSA) is 74.6 Å². The number of amides is 2. The van der Waals surface area contributed by atoms with E-state index in [1.165, 1.54) is 29.9 Å². The van der Waals surface area contributed by atoms with Gasteiger partial charge in [0.15, 0.2) is 5.82 Å². The summed E-state index contributed by atoms with van der Waals surface area (Å²) in [5.41, 5.74) is 0.636. The van der Waals surface area contributed by atoms with E-state index in [0.29, 0.717) is 44.2 Å². The van der Waals surface area contributed by atoms with Gasteiger partial charge < -0.3 is 9.80 Å². The molecule has 10 heteroatoms. The predicted octanol–water partition coefficient (Wildman–Crippen LogP) is 2.91. The molecule has 5 rings (SSSR count). The van der Waals surface area contributed by atoms with Gasteiger partial charge in [0.05, 0.1) is 17.1 Å². The Morgan fingerprint density at radius 2 is 1.65 bits per heavy atom. The molecule has 0 aliphatic carbocycles. The van der Waals surface area contributed by atoms with Crippen LogP contribution in [0.5, 0.6) is 0 Å². The molecule has 34 heavy (non-hydrogen) atoms. The molecule has 4 heterocycles. The maximum atomic E-state index is 13.4. The highest BCUT2D eigenvalue weighted by Crippen LogP contribution is 2.26. The fourth-order valence-corrected chi connectivity index (χ4v) is 5.11. The van der Waals surface area contributed by atoms with Crippen LogP contribution in [0.4, 0.5) is 4.39 Å². The van der Waals surface area contributed by atoms with E-state index in [9.17, 15) is 14.0 Å². The normalized spacial score (nSPS) is 17.2. The van der Waals surface area contributed by atoms with Gasteiger partial charge in [0, 0.05) is 39.3 Å². The Morgan fingerprint density at radius 1 is 0.912 bits per heavy atom. The minimum absolute atomic E-state index is 0.116. The molecule has 2 saturated heterocycles. The molecule has 1 aromatic carbocycles. The lowest BCUT2D eigenvalue weighted by molar-refractivity contribution is -0.133. The summed E-state index contributed by atoms with van der Waals surface area (Å²) in [4.78, 5) is 37.0. The van der Waals surface area contributed by atoms with Gasteiger partial charge in [-0.05, 0) is 55.0 Å². The molecule has 0 saturated carbocycles. The first kappa shape index (κ1) is 22.7. The van der Waals surface area contributed by atoms with Gasteiger partial charge in [0.25, 0.3) is 5.91 Å². The Labute approximate surface area is 201 Å². The van der Waals surface area contributed by atoms with Crippen molar-refractivity contribution in [2.45, 2.75) is 19.3 Å². The fourth-order valence-electron chi connectivity index (χ4n) is 4.42. The van der Waals surface area contributed by atoms with Crippen LogP contribution < -0.4 is 0 Å². The molecule has 2 aromatic heterocycles. The van der Waals surface area contributed by atoms with Crippen LogP contribution in [0.3, 0.4) is 0 Å². The Bertz CT molecular complexity index is 1130. The Hall–Kier alpha value is -3.11. The lowest BCUT2D eigenvalue weighted by atomic mass is 10.1. The number of thiophene rings is 1. The molecule has 0 spiro atoms. The smallest absolute Gasteiger partial charge is 0.293 e. The largest absolute Gasteiger partial charge is 0.342 e. The second kappa shape index (κ2) is 10.0. The molecule has 178 valence electrons. The van der Waals surface area contributed by atoms with Gasteiger partial charge in [0.1, 0.15) is 5.82 Å². The molecular formula is C24H27FN6O2S. The summed E-state index contributed by atoms with van der Waals surface area (Å²) in [5.74, 6) is 0.274. The van der Waals surface area contributed by atoms with Crippen molar-refractivity contribution in [3.8, 4) is 16.4 Å². The molecule has 8 nitrogen and oxygen atoms in total. The van der Waals surface area contributed by atoms with Gasteiger partial charge >= 0.3 is 0 Å². The molecule has 0 unspecified atom stereocenters. The summed E-state index contributed by atoms with van der Waals surface area (Å²) >= 11 is 1.50. The van der Waals surface area contributed by atoms with Crippen molar-refractivity contribution in [3.63, 3.8) is 0 Å². The lowest BCUT2D eigenvalue weighted by Crippen LogP contribution is -2.52. The molecule has 0 N–H and O–H groups in total. The Kier molecular flexibility index (Phi) is 6.68. The van der Waals surface area contributed by atoms with Crippen LogP contribution in [0.2, 0.25) is 0 Å². The molecule has 2 fully saturated rings. The summed E-state index contributed by atoms with van der Waals surface area (Å²) in [5, 5.41) is 6.43. The average molecular weight is 483 g/mol. The van der Waals surface area contributed by atoms with Gasteiger partial charge in [-0.25, -0.2) is 14.1 Å². The van der Waals surface area contributed by atoms with Gasteiger partial charge in [-0.3, -0.25) is 14.5 Å². The van der Waals surface area contributed by atoms with E-state index >= 15 is 0 Å². The number of aromatic nitrogens is 3. The summed E-state index contributed by atoms with van der Waals surface area (Å²) in [6.07, 6.45) is 3.36. The zero-order valence-corrected chi connectivity index (χ0v) is 19.7. The zero-order valence-electron chi connectivity index (χ0n) is 18.9. The molecular weight excluding hydrogens is 455 g/mol. The third-order valence-electron chi connectivity index (χ3n) is 6.34. The molecule has 0 bridgehead atoms. The average Bonchev–Trinajstić information content (AvgIpc) is 3.55. The first-order chi connectivity index (χ1) is 16.6. The minimum atomic E-state index is -0.338. The first-order valence-corrected chi connectivity index (χ1v) is 12.5. The number of carbonyl (C=O) groups is 2. The third-order valence-corrected chi connectivity index (χ3v) is 7.20. The standard InChI is InChI=1S/C24H27FN6O2S/c25-18-6-8-19(9-7-18)31-23(20-5-4-16-34-20)26-22(27-31)24(33)30-14-12-28(13-15-30)17-21(32)29-10-2-1-3-11-29/h4-9,16H,1-3,10-15,17H2. The highest BCUT2D eigenvalue weighted by Gasteiger charge is 2.28. The SMILES string of the molecule is O=C(CN1CCN(C(=O)c2nc(-c3cccs3)n(-c3ccc(F)cc3)n2)CC1)N1CCCCC1. The second-order valence-electron chi connectivity index (χ2n) is 8.63. The molecule has 0 radical (unpaired) electrons. The van der Waals surface area contributed by atoms with Gasteiger partial charge in [-0.15, -0.1) is 16.4 Å².